The molecule has 3 heterocycles. The third kappa shape index (κ3) is 3.79. The van der Waals surface area contributed by atoms with Crippen molar-refractivity contribution in [2.24, 2.45) is 0 Å². The Morgan fingerprint density at radius 2 is 2.13 bits per heavy atom. The van der Waals surface area contributed by atoms with Crippen molar-refractivity contribution in [2.45, 2.75) is 26.2 Å². The van der Waals surface area contributed by atoms with Crippen molar-refractivity contribution in [1.82, 2.24) is 15.2 Å². The van der Waals surface area contributed by atoms with Crippen LogP contribution in [-0.4, -0.2) is 41.3 Å². The van der Waals surface area contributed by atoms with Crippen LogP contribution in [0.4, 0.5) is 0 Å². The number of hydrogen-bond donors (Lipinski definition) is 1. The molecule has 0 saturated carbocycles. The molecular formula is C16H19N3O2S2. The van der Waals surface area contributed by atoms with Gasteiger partial charge in [0.25, 0.3) is 5.91 Å². The topological polar surface area (TPSA) is 62.3 Å². The van der Waals surface area contributed by atoms with Gasteiger partial charge in [-0.25, -0.2) is 4.98 Å². The number of hydrogen-bond acceptors (Lipinski definition) is 5. The molecule has 0 spiro atoms. The van der Waals surface area contributed by atoms with E-state index in [-0.39, 0.29) is 11.8 Å². The first-order chi connectivity index (χ1) is 11.1. The molecule has 5 nitrogen and oxygen atoms in total. The van der Waals surface area contributed by atoms with Gasteiger partial charge in [0.1, 0.15) is 9.88 Å². The quantitative estimate of drug-likeness (QED) is 0.903. The second-order valence-corrected chi connectivity index (χ2v) is 7.32. The van der Waals surface area contributed by atoms with Crippen molar-refractivity contribution >= 4 is 34.5 Å². The summed E-state index contributed by atoms with van der Waals surface area (Å²) in [6.45, 7) is 3.92. The van der Waals surface area contributed by atoms with Gasteiger partial charge in [-0.2, -0.15) is 11.3 Å². The van der Waals surface area contributed by atoms with Gasteiger partial charge in [0.15, 0.2) is 0 Å². The fourth-order valence-corrected chi connectivity index (χ4v) is 4.30. The smallest absolute Gasteiger partial charge is 0.263 e. The molecule has 0 bridgehead atoms. The molecule has 1 aliphatic heterocycles. The van der Waals surface area contributed by atoms with Gasteiger partial charge in [0.2, 0.25) is 5.91 Å². The van der Waals surface area contributed by atoms with Gasteiger partial charge in [0.05, 0.1) is 5.69 Å². The highest BCUT2D eigenvalue weighted by molar-refractivity contribution is 7.17. The zero-order chi connectivity index (χ0) is 16.2. The highest BCUT2D eigenvalue weighted by atomic mass is 32.1. The largest absolute Gasteiger partial charge is 0.351 e. The number of nitrogens with one attached hydrogen (secondary N) is 1. The minimum atomic E-state index is -0.143. The van der Waals surface area contributed by atoms with Gasteiger partial charge in [-0.1, -0.05) is 0 Å². The summed E-state index contributed by atoms with van der Waals surface area (Å²) < 4.78 is 0. The maximum Gasteiger partial charge on any atom is 0.263 e. The Hall–Kier alpha value is -1.73. The summed E-state index contributed by atoms with van der Waals surface area (Å²) in [5.74, 6) is -0.0153. The summed E-state index contributed by atoms with van der Waals surface area (Å²) in [6, 6.07) is 2.00. The summed E-state index contributed by atoms with van der Waals surface area (Å²) in [6.07, 6.45) is 2.54. The van der Waals surface area contributed by atoms with E-state index in [1.807, 2.05) is 28.7 Å². The van der Waals surface area contributed by atoms with E-state index in [9.17, 15) is 9.59 Å². The molecule has 0 aliphatic carbocycles. The molecule has 2 amide bonds. The lowest BCUT2D eigenvalue weighted by Crippen LogP contribution is -2.32. The Kier molecular flexibility index (Phi) is 5.07. The third-order valence-electron chi connectivity index (χ3n) is 3.85. The first kappa shape index (κ1) is 16.1. The predicted molar refractivity (Wildman–Crippen MR) is 92.9 cm³/mol. The molecule has 7 heteroatoms. The number of carbonyl (C=O) groups is 2. The minimum absolute atomic E-state index is 0.128. The van der Waals surface area contributed by atoms with Crippen LogP contribution in [0.5, 0.6) is 0 Å². The maximum absolute atomic E-state index is 12.3. The van der Waals surface area contributed by atoms with Crippen molar-refractivity contribution in [1.29, 1.82) is 0 Å². The fourth-order valence-electron chi connectivity index (χ4n) is 2.60. The molecule has 2 aromatic rings. The molecular weight excluding hydrogens is 330 g/mol. The molecule has 0 aromatic carbocycles. The van der Waals surface area contributed by atoms with Crippen LogP contribution in [-0.2, 0) is 4.79 Å². The Morgan fingerprint density at radius 3 is 2.83 bits per heavy atom. The molecule has 0 unspecified atom stereocenters. The Balaban J connectivity index is 1.55. The van der Waals surface area contributed by atoms with Crippen LogP contribution in [0.25, 0.3) is 10.6 Å². The van der Waals surface area contributed by atoms with Gasteiger partial charge >= 0.3 is 0 Å². The van der Waals surface area contributed by atoms with Crippen LogP contribution in [0.3, 0.4) is 0 Å². The van der Waals surface area contributed by atoms with E-state index in [2.05, 4.69) is 10.3 Å². The Labute approximate surface area is 143 Å². The number of thiazole rings is 1. The summed E-state index contributed by atoms with van der Waals surface area (Å²) in [5.41, 5.74) is 1.78. The lowest BCUT2D eigenvalue weighted by Gasteiger charge is -2.15. The zero-order valence-electron chi connectivity index (χ0n) is 13.0. The van der Waals surface area contributed by atoms with Crippen LogP contribution >= 0.6 is 22.7 Å². The fraction of sp³-hybridized carbons (Fsp3) is 0.438. The average Bonchev–Trinajstić information content (AvgIpc) is 3.28. The van der Waals surface area contributed by atoms with Gasteiger partial charge in [-0.15, -0.1) is 11.3 Å². The molecule has 1 fully saturated rings. The second kappa shape index (κ2) is 7.23. The molecule has 1 N–H and O–H groups in total. The van der Waals surface area contributed by atoms with Crippen molar-refractivity contribution in [3.63, 3.8) is 0 Å². The van der Waals surface area contributed by atoms with E-state index >= 15 is 0 Å². The molecule has 122 valence electrons. The SMILES string of the molecule is Cc1nc(-c2ccsc2)sc1C(=O)NCCC(=O)N1CCCC1. The summed E-state index contributed by atoms with van der Waals surface area (Å²) in [7, 11) is 0. The first-order valence-electron chi connectivity index (χ1n) is 7.71. The zero-order valence-corrected chi connectivity index (χ0v) is 14.6. The van der Waals surface area contributed by atoms with Crippen LogP contribution in [0.15, 0.2) is 16.8 Å². The number of rotatable bonds is 5. The second-order valence-electron chi connectivity index (χ2n) is 5.54. The molecule has 2 aromatic heterocycles. The maximum atomic E-state index is 12.3. The number of carbonyl (C=O) groups excluding carboxylic acids is 2. The van der Waals surface area contributed by atoms with Gasteiger partial charge in [-0.3, -0.25) is 9.59 Å². The van der Waals surface area contributed by atoms with Crippen LogP contribution in [0, 0.1) is 6.92 Å². The number of aryl methyl sites for hydroxylation is 1. The molecule has 3 rings (SSSR count). The third-order valence-corrected chi connectivity index (χ3v) is 5.74. The van der Waals surface area contributed by atoms with Crippen molar-refractivity contribution in [2.75, 3.05) is 19.6 Å². The monoisotopic (exact) mass is 349 g/mol. The van der Waals surface area contributed by atoms with E-state index in [1.54, 1.807) is 11.3 Å². The average molecular weight is 349 g/mol. The van der Waals surface area contributed by atoms with E-state index < -0.39 is 0 Å². The van der Waals surface area contributed by atoms with E-state index in [1.165, 1.54) is 11.3 Å². The molecule has 1 aliphatic rings. The summed E-state index contributed by atoms with van der Waals surface area (Å²) in [4.78, 5) is 31.2. The number of thiophene rings is 1. The van der Waals surface area contributed by atoms with Crippen molar-refractivity contribution in [3.8, 4) is 10.6 Å². The van der Waals surface area contributed by atoms with E-state index in [0.717, 1.165) is 42.2 Å². The van der Waals surface area contributed by atoms with Crippen molar-refractivity contribution in [3.05, 3.63) is 27.4 Å². The number of likely N-dealkylation sites (tertiary alicyclic amines) is 1. The number of aromatic nitrogens is 1. The lowest BCUT2D eigenvalue weighted by atomic mass is 10.3. The van der Waals surface area contributed by atoms with Crippen LogP contribution in [0.2, 0.25) is 0 Å². The van der Waals surface area contributed by atoms with E-state index in [0.29, 0.717) is 17.8 Å². The molecule has 1 saturated heterocycles. The van der Waals surface area contributed by atoms with Gasteiger partial charge < -0.3 is 10.2 Å². The highest BCUT2D eigenvalue weighted by Gasteiger charge is 2.19. The minimum Gasteiger partial charge on any atom is -0.351 e. The predicted octanol–water partition coefficient (Wildman–Crippen LogP) is 2.92. The van der Waals surface area contributed by atoms with E-state index in [4.69, 9.17) is 0 Å². The number of nitrogens with zero attached hydrogens (tertiary/aromatic N) is 2. The molecule has 0 atom stereocenters. The Morgan fingerprint density at radius 1 is 1.35 bits per heavy atom. The lowest BCUT2D eigenvalue weighted by molar-refractivity contribution is -0.129. The first-order valence-corrected chi connectivity index (χ1v) is 9.47. The summed E-state index contributed by atoms with van der Waals surface area (Å²) in [5, 5.41) is 7.72. The van der Waals surface area contributed by atoms with Crippen LogP contribution < -0.4 is 5.32 Å². The van der Waals surface area contributed by atoms with Crippen LogP contribution in [0.1, 0.15) is 34.6 Å². The summed E-state index contributed by atoms with van der Waals surface area (Å²) >= 11 is 3.01. The van der Waals surface area contributed by atoms with Gasteiger partial charge in [-0.05, 0) is 31.2 Å². The highest BCUT2D eigenvalue weighted by Crippen LogP contribution is 2.29. The normalized spacial score (nSPS) is 14.2. The molecule has 0 radical (unpaired) electrons. The number of amides is 2. The Bertz CT molecular complexity index is 688. The standard InChI is InChI=1S/C16H19N3O2S2/c1-11-14(23-16(18-11)12-5-9-22-10-12)15(21)17-6-4-13(20)19-7-2-3-8-19/h5,9-10H,2-4,6-8H2,1H3,(H,17,21). The molecule has 23 heavy (non-hydrogen) atoms. The van der Waals surface area contributed by atoms with Gasteiger partial charge in [0, 0.05) is 37.0 Å². The van der Waals surface area contributed by atoms with Crippen molar-refractivity contribution < 1.29 is 9.59 Å².